The number of aromatic nitrogens is 1. The third kappa shape index (κ3) is 4.90. The van der Waals surface area contributed by atoms with Crippen LogP contribution >= 0.6 is 11.3 Å². The average molecular weight is 408 g/mol. The Hall–Kier alpha value is -2.99. The molecule has 2 amide bonds. The Balaban J connectivity index is 1.64. The highest BCUT2D eigenvalue weighted by molar-refractivity contribution is 7.13. The zero-order chi connectivity index (χ0) is 21.0. The summed E-state index contributed by atoms with van der Waals surface area (Å²) >= 11 is 1.43. The second-order valence-electron chi connectivity index (χ2n) is 7.05. The number of aryl methyl sites for hydroxylation is 2. The number of carbonyl (C=O) groups excluding carboxylic acids is 2. The first-order valence-electron chi connectivity index (χ1n) is 9.55. The van der Waals surface area contributed by atoms with Crippen LogP contribution in [-0.4, -0.2) is 35.3 Å². The van der Waals surface area contributed by atoms with Gasteiger partial charge in [0.1, 0.15) is 10.7 Å². The van der Waals surface area contributed by atoms with Crippen molar-refractivity contribution in [3.05, 3.63) is 70.2 Å². The fourth-order valence-corrected chi connectivity index (χ4v) is 3.75. The summed E-state index contributed by atoms with van der Waals surface area (Å²) in [7, 11) is 1.61. The molecule has 0 bridgehead atoms. The second-order valence-corrected chi connectivity index (χ2v) is 7.90. The smallest absolute Gasteiger partial charge is 0.273 e. The van der Waals surface area contributed by atoms with E-state index in [1.54, 1.807) is 12.4 Å². The minimum atomic E-state index is -0.270. The molecule has 6 heteroatoms. The van der Waals surface area contributed by atoms with Crippen molar-refractivity contribution >= 4 is 28.8 Å². The lowest BCUT2D eigenvalue weighted by Gasteiger charge is -2.16. The molecule has 0 unspecified atom stereocenters. The molecule has 0 fully saturated rings. The van der Waals surface area contributed by atoms with Crippen molar-refractivity contribution in [1.82, 2.24) is 9.88 Å². The van der Waals surface area contributed by atoms with Crippen LogP contribution in [0.2, 0.25) is 0 Å². The molecule has 5 nitrogen and oxygen atoms in total. The molecule has 3 aromatic rings. The maximum absolute atomic E-state index is 12.7. The van der Waals surface area contributed by atoms with E-state index >= 15 is 0 Å². The van der Waals surface area contributed by atoms with E-state index in [-0.39, 0.29) is 18.4 Å². The zero-order valence-electron chi connectivity index (χ0n) is 17.2. The van der Waals surface area contributed by atoms with Crippen molar-refractivity contribution in [1.29, 1.82) is 0 Å². The Morgan fingerprint density at radius 2 is 1.83 bits per heavy atom. The standard InChI is InChI=1S/C23H25N3O2S/c1-5-17-9-11-18(12-10-17)22-25-20(14-29-22)23(28)26(4)13-21(27)24-19-8-6-7-15(2)16(19)3/h6-12,14H,5,13H2,1-4H3,(H,24,27). The first-order chi connectivity index (χ1) is 13.9. The molecule has 0 aliphatic heterocycles. The third-order valence-electron chi connectivity index (χ3n) is 4.94. The maximum Gasteiger partial charge on any atom is 0.273 e. The number of carbonyl (C=O) groups is 2. The number of anilines is 1. The number of benzene rings is 2. The molecular formula is C23H25N3O2S. The van der Waals surface area contributed by atoms with Gasteiger partial charge in [-0.1, -0.05) is 43.3 Å². The number of nitrogens with one attached hydrogen (secondary N) is 1. The van der Waals surface area contributed by atoms with Gasteiger partial charge in [-0.2, -0.15) is 0 Å². The van der Waals surface area contributed by atoms with Gasteiger partial charge < -0.3 is 10.2 Å². The van der Waals surface area contributed by atoms with E-state index in [1.807, 2.05) is 44.2 Å². The van der Waals surface area contributed by atoms with Gasteiger partial charge >= 0.3 is 0 Å². The van der Waals surface area contributed by atoms with Gasteiger partial charge in [-0.25, -0.2) is 4.98 Å². The van der Waals surface area contributed by atoms with Gasteiger partial charge in [0, 0.05) is 23.7 Å². The molecule has 0 radical (unpaired) electrons. The van der Waals surface area contributed by atoms with Crippen molar-refractivity contribution < 1.29 is 9.59 Å². The van der Waals surface area contributed by atoms with E-state index in [1.165, 1.54) is 21.8 Å². The van der Waals surface area contributed by atoms with Gasteiger partial charge in [-0.15, -0.1) is 11.3 Å². The molecule has 0 saturated heterocycles. The van der Waals surface area contributed by atoms with Crippen molar-refractivity contribution in [2.75, 3.05) is 18.9 Å². The van der Waals surface area contributed by atoms with Crippen LogP contribution in [0.3, 0.4) is 0 Å². The quantitative estimate of drug-likeness (QED) is 0.644. The van der Waals surface area contributed by atoms with Crippen LogP contribution in [0.1, 0.15) is 34.1 Å². The highest BCUT2D eigenvalue weighted by Crippen LogP contribution is 2.25. The SMILES string of the molecule is CCc1ccc(-c2nc(C(=O)N(C)CC(=O)Nc3cccc(C)c3C)cs2)cc1. The van der Waals surface area contributed by atoms with Crippen LogP contribution in [0.25, 0.3) is 10.6 Å². The van der Waals surface area contributed by atoms with E-state index in [0.29, 0.717) is 5.69 Å². The predicted octanol–water partition coefficient (Wildman–Crippen LogP) is 4.70. The largest absolute Gasteiger partial charge is 0.331 e. The van der Waals surface area contributed by atoms with Gasteiger partial charge in [0.2, 0.25) is 5.91 Å². The molecule has 29 heavy (non-hydrogen) atoms. The summed E-state index contributed by atoms with van der Waals surface area (Å²) < 4.78 is 0. The van der Waals surface area contributed by atoms with Crippen LogP contribution in [0.4, 0.5) is 5.69 Å². The normalized spacial score (nSPS) is 10.6. The molecule has 1 aromatic heterocycles. The van der Waals surface area contributed by atoms with E-state index in [9.17, 15) is 9.59 Å². The lowest BCUT2D eigenvalue weighted by molar-refractivity contribution is -0.116. The molecule has 2 aromatic carbocycles. The fraction of sp³-hybridized carbons (Fsp3) is 0.261. The average Bonchev–Trinajstić information content (AvgIpc) is 3.21. The number of rotatable bonds is 6. The minimum absolute atomic E-state index is 0.0374. The predicted molar refractivity (Wildman–Crippen MR) is 118 cm³/mol. The Kier molecular flexibility index (Phi) is 6.44. The van der Waals surface area contributed by atoms with Crippen molar-refractivity contribution in [3.63, 3.8) is 0 Å². The van der Waals surface area contributed by atoms with Gasteiger partial charge in [0.05, 0.1) is 6.54 Å². The molecule has 0 aliphatic rings. The molecule has 1 N–H and O–H groups in total. The van der Waals surface area contributed by atoms with E-state index in [0.717, 1.165) is 33.8 Å². The minimum Gasteiger partial charge on any atom is -0.331 e. The number of amides is 2. The third-order valence-corrected chi connectivity index (χ3v) is 5.83. The van der Waals surface area contributed by atoms with Crippen LogP contribution in [0.15, 0.2) is 47.8 Å². The summed E-state index contributed by atoms with van der Waals surface area (Å²) in [4.78, 5) is 30.9. The van der Waals surface area contributed by atoms with E-state index < -0.39 is 0 Å². The monoisotopic (exact) mass is 407 g/mol. The zero-order valence-corrected chi connectivity index (χ0v) is 18.0. The summed E-state index contributed by atoms with van der Waals surface area (Å²) in [5.74, 6) is -0.506. The molecule has 0 aliphatic carbocycles. The number of hydrogen-bond donors (Lipinski definition) is 1. The van der Waals surface area contributed by atoms with Gasteiger partial charge in [-0.3, -0.25) is 9.59 Å². The van der Waals surface area contributed by atoms with Crippen molar-refractivity contribution in [3.8, 4) is 10.6 Å². The Morgan fingerprint density at radius 3 is 2.52 bits per heavy atom. The van der Waals surface area contributed by atoms with Crippen molar-refractivity contribution in [2.24, 2.45) is 0 Å². The number of nitrogens with zero attached hydrogens (tertiary/aromatic N) is 2. The summed E-state index contributed by atoms with van der Waals surface area (Å²) in [6.07, 6.45) is 0.983. The lowest BCUT2D eigenvalue weighted by atomic mass is 10.1. The van der Waals surface area contributed by atoms with Gasteiger partial charge in [0.25, 0.3) is 5.91 Å². The topological polar surface area (TPSA) is 62.3 Å². The Morgan fingerprint density at radius 1 is 1.10 bits per heavy atom. The molecule has 0 atom stereocenters. The van der Waals surface area contributed by atoms with Crippen LogP contribution in [-0.2, 0) is 11.2 Å². The highest BCUT2D eigenvalue weighted by Gasteiger charge is 2.19. The molecule has 1 heterocycles. The highest BCUT2D eigenvalue weighted by atomic mass is 32.1. The summed E-state index contributed by atoms with van der Waals surface area (Å²) in [5.41, 5.74) is 5.49. The maximum atomic E-state index is 12.7. The second kappa shape index (κ2) is 9.01. The Labute approximate surface area is 175 Å². The summed E-state index contributed by atoms with van der Waals surface area (Å²) in [6.45, 7) is 6.03. The van der Waals surface area contributed by atoms with Crippen molar-refractivity contribution in [2.45, 2.75) is 27.2 Å². The van der Waals surface area contributed by atoms with E-state index in [4.69, 9.17) is 0 Å². The van der Waals surface area contributed by atoms with Crippen LogP contribution < -0.4 is 5.32 Å². The van der Waals surface area contributed by atoms with Gasteiger partial charge in [0.15, 0.2) is 0 Å². The molecular weight excluding hydrogens is 382 g/mol. The van der Waals surface area contributed by atoms with Crippen LogP contribution in [0.5, 0.6) is 0 Å². The number of likely N-dealkylation sites (N-methyl/N-ethyl adjacent to an activating group) is 1. The van der Waals surface area contributed by atoms with Crippen LogP contribution in [0, 0.1) is 13.8 Å². The number of hydrogen-bond acceptors (Lipinski definition) is 4. The molecule has 0 saturated carbocycles. The van der Waals surface area contributed by atoms with Gasteiger partial charge in [-0.05, 0) is 43.0 Å². The number of thiazole rings is 1. The first kappa shape index (κ1) is 20.7. The Bertz CT molecular complexity index is 1020. The molecule has 150 valence electrons. The summed E-state index contributed by atoms with van der Waals surface area (Å²) in [6, 6.07) is 13.9. The fourth-order valence-electron chi connectivity index (χ4n) is 2.95. The van der Waals surface area contributed by atoms with E-state index in [2.05, 4.69) is 29.4 Å². The molecule has 3 rings (SSSR count). The summed E-state index contributed by atoms with van der Waals surface area (Å²) in [5, 5.41) is 5.42. The first-order valence-corrected chi connectivity index (χ1v) is 10.4. The lowest BCUT2D eigenvalue weighted by Crippen LogP contribution is -2.35. The molecule has 0 spiro atoms.